The smallest absolute Gasteiger partial charge is 0.122 e. The molecule has 0 aliphatic carbocycles. The Kier molecular flexibility index (Phi) is 4.49. The fourth-order valence-electron chi connectivity index (χ4n) is 3.46. The van der Waals surface area contributed by atoms with Crippen LogP contribution in [0.3, 0.4) is 0 Å². The van der Waals surface area contributed by atoms with Crippen LogP contribution in [0.5, 0.6) is 5.75 Å². The minimum absolute atomic E-state index is 0.222. The second-order valence-corrected chi connectivity index (χ2v) is 6.52. The number of benzene rings is 2. The van der Waals surface area contributed by atoms with Gasteiger partial charge in [0.25, 0.3) is 0 Å². The molecular formula is C20H25NO. The lowest BCUT2D eigenvalue weighted by Gasteiger charge is -2.40. The molecule has 1 saturated heterocycles. The predicted octanol–water partition coefficient (Wildman–Crippen LogP) is 4.25. The van der Waals surface area contributed by atoms with Gasteiger partial charge in [-0.05, 0) is 43.0 Å². The Morgan fingerprint density at radius 3 is 2.27 bits per heavy atom. The Morgan fingerprint density at radius 1 is 0.955 bits per heavy atom. The highest BCUT2D eigenvalue weighted by Gasteiger charge is 2.33. The zero-order chi connectivity index (χ0) is 15.4. The number of hydrogen-bond acceptors (Lipinski definition) is 2. The van der Waals surface area contributed by atoms with Gasteiger partial charge in [-0.25, -0.2) is 0 Å². The van der Waals surface area contributed by atoms with Gasteiger partial charge in [0, 0.05) is 12.1 Å². The number of hydrogen-bond donors (Lipinski definition) is 0. The van der Waals surface area contributed by atoms with Crippen molar-refractivity contribution >= 4 is 0 Å². The normalized spacial score (nSPS) is 18.1. The van der Waals surface area contributed by atoms with E-state index in [1.165, 1.54) is 24.0 Å². The van der Waals surface area contributed by atoms with Crippen LogP contribution in [0.1, 0.15) is 30.9 Å². The molecule has 1 fully saturated rings. The highest BCUT2D eigenvalue weighted by atomic mass is 16.5. The highest BCUT2D eigenvalue weighted by molar-refractivity contribution is 5.39. The molecule has 3 rings (SSSR count). The largest absolute Gasteiger partial charge is 0.496 e. The van der Waals surface area contributed by atoms with E-state index in [0.29, 0.717) is 0 Å². The summed E-state index contributed by atoms with van der Waals surface area (Å²) >= 11 is 0. The maximum atomic E-state index is 5.57. The maximum absolute atomic E-state index is 5.57. The van der Waals surface area contributed by atoms with Gasteiger partial charge in [0.2, 0.25) is 0 Å². The van der Waals surface area contributed by atoms with E-state index in [-0.39, 0.29) is 5.41 Å². The van der Waals surface area contributed by atoms with Crippen LogP contribution < -0.4 is 4.74 Å². The summed E-state index contributed by atoms with van der Waals surface area (Å²) in [6, 6.07) is 19.2. The average Bonchev–Trinajstić information content (AvgIpc) is 2.58. The van der Waals surface area contributed by atoms with Gasteiger partial charge in [0.05, 0.1) is 7.11 Å². The lowest BCUT2D eigenvalue weighted by atomic mass is 9.74. The Morgan fingerprint density at radius 2 is 1.59 bits per heavy atom. The summed E-state index contributed by atoms with van der Waals surface area (Å²) in [5.41, 5.74) is 2.99. The first-order valence-electron chi connectivity index (χ1n) is 8.11. The average molecular weight is 295 g/mol. The van der Waals surface area contributed by atoms with Crippen LogP contribution >= 0.6 is 0 Å². The summed E-state index contributed by atoms with van der Waals surface area (Å²) in [7, 11) is 1.77. The molecule has 2 nitrogen and oxygen atoms in total. The van der Waals surface area contributed by atoms with E-state index in [2.05, 4.69) is 66.4 Å². The molecule has 0 spiro atoms. The van der Waals surface area contributed by atoms with Crippen molar-refractivity contribution in [3.8, 4) is 5.75 Å². The summed E-state index contributed by atoms with van der Waals surface area (Å²) in [5.74, 6) is 1.03. The van der Waals surface area contributed by atoms with E-state index in [0.717, 1.165) is 25.4 Å². The fraction of sp³-hybridized carbons (Fsp3) is 0.400. The molecule has 0 aromatic heterocycles. The summed E-state index contributed by atoms with van der Waals surface area (Å²) in [5, 5.41) is 0. The zero-order valence-electron chi connectivity index (χ0n) is 13.6. The minimum Gasteiger partial charge on any atom is -0.496 e. The van der Waals surface area contributed by atoms with E-state index in [4.69, 9.17) is 4.74 Å². The van der Waals surface area contributed by atoms with Crippen LogP contribution in [0, 0.1) is 0 Å². The first-order valence-corrected chi connectivity index (χ1v) is 8.11. The Hall–Kier alpha value is -1.80. The molecule has 0 saturated carbocycles. The Labute approximate surface area is 133 Å². The molecule has 1 aliphatic rings. The molecule has 0 bridgehead atoms. The monoisotopic (exact) mass is 295 g/mol. The summed E-state index contributed by atoms with van der Waals surface area (Å²) < 4.78 is 5.57. The summed E-state index contributed by atoms with van der Waals surface area (Å²) in [4.78, 5) is 2.56. The van der Waals surface area contributed by atoms with E-state index in [9.17, 15) is 0 Å². The first-order chi connectivity index (χ1) is 10.7. The second kappa shape index (κ2) is 6.53. The Bertz CT molecular complexity index is 600. The van der Waals surface area contributed by atoms with Gasteiger partial charge in [0.15, 0.2) is 0 Å². The molecule has 0 atom stereocenters. The topological polar surface area (TPSA) is 12.5 Å². The van der Waals surface area contributed by atoms with Crippen molar-refractivity contribution in [2.75, 3.05) is 20.2 Å². The molecule has 2 aromatic rings. The van der Waals surface area contributed by atoms with Crippen LogP contribution in [0.2, 0.25) is 0 Å². The standard InChI is InChI=1S/C20H25NO/c1-20(18-10-6-7-11-19(18)22-2)12-14-21(15-13-20)16-17-8-4-3-5-9-17/h3-11H,12-16H2,1-2H3. The molecule has 0 amide bonds. The lowest BCUT2D eigenvalue weighted by molar-refractivity contribution is 0.160. The maximum Gasteiger partial charge on any atom is 0.122 e. The molecule has 0 unspecified atom stereocenters. The molecule has 1 aliphatic heterocycles. The SMILES string of the molecule is COc1ccccc1C1(C)CCN(Cc2ccccc2)CC1. The van der Waals surface area contributed by atoms with Crippen LogP contribution in [-0.4, -0.2) is 25.1 Å². The molecule has 0 N–H and O–H groups in total. The van der Waals surface area contributed by atoms with E-state index in [1.54, 1.807) is 7.11 Å². The number of rotatable bonds is 4. The molecule has 2 heteroatoms. The van der Waals surface area contributed by atoms with Crippen molar-refractivity contribution in [3.05, 3.63) is 65.7 Å². The fourth-order valence-corrected chi connectivity index (χ4v) is 3.46. The lowest BCUT2D eigenvalue weighted by Crippen LogP contribution is -2.40. The molecule has 1 heterocycles. The number of piperidine rings is 1. The van der Waals surface area contributed by atoms with Crippen molar-refractivity contribution in [3.63, 3.8) is 0 Å². The molecule has 2 aromatic carbocycles. The van der Waals surface area contributed by atoms with Gasteiger partial charge in [0.1, 0.15) is 5.75 Å². The number of methoxy groups -OCH3 is 1. The van der Waals surface area contributed by atoms with Gasteiger partial charge >= 0.3 is 0 Å². The van der Waals surface area contributed by atoms with Gasteiger partial charge in [-0.15, -0.1) is 0 Å². The molecule has 22 heavy (non-hydrogen) atoms. The number of likely N-dealkylation sites (tertiary alicyclic amines) is 1. The highest BCUT2D eigenvalue weighted by Crippen LogP contribution is 2.39. The Balaban J connectivity index is 1.68. The van der Waals surface area contributed by atoms with Crippen LogP contribution in [0.25, 0.3) is 0 Å². The van der Waals surface area contributed by atoms with Gasteiger partial charge in [-0.1, -0.05) is 55.5 Å². The predicted molar refractivity (Wildman–Crippen MR) is 91.3 cm³/mol. The van der Waals surface area contributed by atoms with Gasteiger partial charge in [-0.3, -0.25) is 4.90 Å². The summed E-state index contributed by atoms with van der Waals surface area (Å²) in [6.45, 7) is 5.72. The number of para-hydroxylation sites is 1. The summed E-state index contributed by atoms with van der Waals surface area (Å²) in [6.07, 6.45) is 2.36. The minimum atomic E-state index is 0.222. The third-order valence-corrected chi connectivity index (χ3v) is 4.97. The van der Waals surface area contributed by atoms with E-state index < -0.39 is 0 Å². The van der Waals surface area contributed by atoms with Crippen molar-refractivity contribution in [2.24, 2.45) is 0 Å². The van der Waals surface area contributed by atoms with Crippen LogP contribution in [0.4, 0.5) is 0 Å². The molecular weight excluding hydrogens is 270 g/mol. The van der Waals surface area contributed by atoms with E-state index >= 15 is 0 Å². The van der Waals surface area contributed by atoms with E-state index in [1.807, 2.05) is 0 Å². The third kappa shape index (κ3) is 3.17. The van der Waals surface area contributed by atoms with Crippen LogP contribution in [-0.2, 0) is 12.0 Å². The number of nitrogens with zero attached hydrogens (tertiary/aromatic N) is 1. The van der Waals surface area contributed by atoms with Gasteiger partial charge in [-0.2, -0.15) is 0 Å². The van der Waals surface area contributed by atoms with Crippen molar-refractivity contribution < 1.29 is 4.74 Å². The quantitative estimate of drug-likeness (QED) is 0.836. The number of ether oxygens (including phenoxy) is 1. The first kappa shape index (κ1) is 15.1. The molecule has 0 radical (unpaired) electrons. The van der Waals surface area contributed by atoms with Crippen molar-refractivity contribution in [1.29, 1.82) is 0 Å². The third-order valence-electron chi connectivity index (χ3n) is 4.97. The second-order valence-electron chi connectivity index (χ2n) is 6.52. The van der Waals surface area contributed by atoms with Crippen molar-refractivity contribution in [2.45, 2.75) is 31.7 Å². The van der Waals surface area contributed by atoms with Crippen molar-refractivity contribution in [1.82, 2.24) is 4.90 Å². The molecule has 116 valence electrons. The van der Waals surface area contributed by atoms with Crippen LogP contribution in [0.15, 0.2) is 54.6 Å². The zero-order valence-corrected chi connectivity index (χ0v) is 13.6. The van der Waals surface area contributed by atoms with Gasteiger partial charge < -0.3 is 4.74 Å².